The summed E-state index contributed by atoms with van der Waals surface area (Å²) in [6.07, 6.45) is 4.61. The summed E-state index contributed by atoms with van der Waals surface area (Å²) in [5, 5.41) is 0.564. The van der Waals surface area contributed by atoms with Crippen LogP contribution in [-0.2, 0) is 23.6 Å². The van der Waals surface area contributed by atoms with Gasteiger partial charge < -0.3 is 9.30 Å². The molecule has 2 aromatic heterocycles. The zero-order valence-electron chi connectivity index (χ0n) is 16.2. The maximum atomic E-state index is 12.9. The molecule has 0 aliphatic rings. The van der Waals surface area contributed by atoms with Crippen molar-refractivity contribution in [2.75, 3.05) is 7.05 Å². The third-order valence-electron chi connectivity index (χ3n) is 4.37. The molecule has 9 heteroatoms. The first kappa shape index (κ1) is 21.0. The molecule has 0 bridgehead atoms. The number of hydrogen-bond donors (Lipinski definition) is 0. The summed E-state index contributed by atoms with van der Waals surface area (Å²) in [6, 6.07) is 9.69. The van der Waals surface area contributed by atoms with Gasteiger partial charge in [0.05, 0.1) is 0 Å². The van der Waals surface area contributed by atoms with Crippen molar-refractivity contribution in [3.05, 3.63) is 76.8 Å². The number of esters is 1. The number of pyridine rings is 1. The second-order valence-electron chi connectivity index (χ2n) is 6.59. The van der Waals surface area contributed by atoms with E-state index in [1.54, 1.807) is 56.7 Å². The molecular formula is C20H20ClN3O4S. The zero-order chi connectivity index (χ0) is 21.2. The second-order valence-corrected chi connectivity index (χ2v) is 9.05. The Bertz CT molecular complexity index is 1140. The molecule has 0 spiro atoms. The zero-order valence-corrected chi connectivity index (χ0v) is 17.7. The van der Waals surface area contributed by atoms with Crippen LogP contribution in [0.15, 0.2) is 59.9 Å². The highest BCUT2D eigenvalue weighted by atomic mass is 35.5. The smallest absolute Gasteiger partial charge is 0.360 e. The summed E-state index contributed by atoms with van der Waals surface area (Å²) in [7, 11) is -0.735. The van der Waals surface area contributed by atoms with Crippen LogP contribution in [-0.4, -0.2) is 35.3 Å². The topological polar surface area (TPSA) is 81.5 Å². The van der Waals surface area contributed by atoms with E-state index in [2.05, 4.69) is 4.98 Å². The molecule has 0 radical (unpaired) electrons. The first-order chi connectivity index (χ1) is 13.7. The molecule has 0 amide bonds. The Morgan fingerprint density at radius 1 is 1.28 bits per heavy atom. The maximum absolute atomic E-state index is 12.9. The fourth-order valence-corrected chi connectivity index (χ4v) is 4.08. The van der Waals surface area contributed by atoms with E-state index in [0.29, 0.717) is 10.8 Å². The molecule has 29 heavy (non-hydrogen) atoms. The Labute approximate surface area is 174 Å². The Morgan fingerprint density at radius 3 is 2.69 bits per heavy atom. The first-order valence-corrected chi connectivity index (χ1v) is 10.5. The largest absolute Gasteiger partial charge is 0.422 e. The highest BCUT2D eigenvalue weighted by Gasteiger charge is 2.25. The molecule has 0 saturated heterocycles. The van der Waals surface area contributed by atoms with Crippen LogP contribution in [0.4, 0.5) is 0 Å². The van der Waals surface area contributed by atoms with Gasteiger partial charge in [0.1, 0.15) is 16.3 Å². The summed E-state index contributed by atoms with van der Waals surface area (Å²) in [5.74, 6) is -0.332. The van der Waals surface area contributed by atoms with Gasteiger partial charge in [-0.25, -0.2) is 13.2 Å². The van der Waals surface area contributed by atoms with Crippen molar-refractivity contribution in [3.63, 3.8) is 0 Å². The number of carbonyl (C=O) groups is 1. The predicted octanol–water partition coefficient (Wildman–Crippen LogP) is 3.42. The molecular weight excluding hydrogens is 414 g/mol. The highest BCUT2D eigenvalue weighted by Crippen LogP contribution is 2.23. The van der Waals surface area contributed by atoms with E-state index in [0.717, 1.165) is 11.1 Å². The van der Waals surface area contributed by atoms with Crippen molar-refractivity contribution in [3.8, 4) is 5.75 Å². The van der Waals surface area contributed by atoms with Crippen LogP contribution in [0.2, 0.25) is 5.02 Å². The summed E-state index contributed by atoms with van der Waals surface area (Å²) in [4.78, 5) is 16.5. The van der Waals surface area contributed by atoms with E-state index in [-0.39, 0.29) is 17.1 Å². The van der Waals surface area contributed by atoms with Gasteiger partial charge in [0.15, 0.2) is 0 Å². The number of halogens is 1. The Kier molecular flexibility index (Phi) is 6.07. The van der Waals surface area contributed by atoms with Crippen LogP contribution in [0.25, 0.3) is 0 Å². The number of nitrogens with zero attached hydrogens (tertiary/aromatic N) is 3. The molecule has 0 aliphatic carbocycles. The van der Waals surface area contributed by atoms with Crippen molar-refractivity contribution >= 4 is 27.6 Å². The van der Waals surface area contributed by atoms with Gasteiger partial charge in [0.2, 0.25) is 10.0 Å². The number of aromatic nitrogens is 2. The number of benzene rings is 1. The molecule has 0 N–H and O–H groups in total. The van der Waals surface area contributed by atoms with Crippen molar-refractivity contribution in [2.24, 2.45) is 7.05 Å². The van der Waals surface area contributed by atoms with Crippen LogP contribution in [0.5, 0.6) is 5.75 Å². The Hall–Kier alpha value is -2.68. The molecule has 0 unspecified atom stereocenters. The molecule has 0 fully saturated rings. The van der Waals surface area contributed by atoms with Gasteiger partial charge in [-0.3, -0.25) is 4.98 Å². The minimum absolute atomic E-state index is 0.00521. The van der Waals surface area contributed by atoms with E-state index in [4.69, 9.17) is 16.3 Å². The minimum atomic E-state index is -3.80. The third kappa shape index (κ3) is 4.67. The average molecular weight is 434 g/mol. The third-order valence-corrected chi connectivity index (χ3v) is 6.56. The lowest BCUT2D eigenvalue weighted by Crippen LogP contribution is -2.26. The van der Waals surface area contributed by atoms with Crippen LogP contribution in [0.1, 0.15) is 21.6 Å². The standard InChI is InChI=1S/C20H20ClN3O4S/c1-14-9-16(6-7-18(14)21)28-20(25)19-10-17(13-23(19)2)29(26,27)24(3)12-15-5-4-8-22-11-15/h4-11,13H,12H2,1-3H3. The SMILES string of the molecule is Cc1cc(OC(=O)c2cc(S(=O)(=O)N(C)Cc3cccnc3)cn2C)ccc1Cl. The van der Waals surface area contributed by atoms with Gasteiger partial charge in [0.25, 0.3) is 0 Å². The quantitative estimate of drug-likeness (QED) is 0.439. The number of aryl methyl sites for hydroxylation is 2. The van der Waals surface area contributed by atoms with Gasteiger partial charge in [-0.2, -0.15) is 4.31 Å². The number of ether oxygens (including phenoxy) is 1. The van der Waals surface area contributed by atoms with Gasteiger partial charge >= 0.3 is 5.97 Å². The van der Waals surface area contributed by atoms with Gasteiger partial charge in [0, 0.05) is 44.3 Å². The van der Waals surface area contributed by atoms with E-state index in [9.17, 15) is 13.2 Å². The van der Waals surface area contributed by atoms with Crippen LogP contribution >= 0.6 is 11.6 Å². The Morgan fingerprint density at radius 2 is 2.03 bits per heavy atom. The normalized spacial score (nSPS) is 11.6. The summed E-state index contributed by atoms with van der Waals surface area (Å²) >= 11 is 5.98. The van der Waals surface area contributed by atoms with Crippen LogP contribution in [0.3, 0.4) is 0 Å². The van der Waals surface area contributed by atoms with Crippen LogP contribution < -0.4 is 4.74 Å². The van der Waals surface area contributed by atoms with E-state index >= 15 is 0 Å². The summed E-state index contributed by atoms with van der Waals surface area (Å²) < 4.78 is 33.8. The van der Waals surface area contributed by atoms with Gasteiger partial charge in [-0.05, 0) is 48.4 Å². The van der Waals surface area contributed by atoms with E-state index in [1.165, 1.54) is 28.2 Å². The average Bonchev–Trinajstić information content (AvgIpc) is 3.08. The molecule has 1 aromatic carbocycles. The van der Waals surface area contributed by atoms with Crippen LogP contribution in [0, 0.1) is 6.92 Å². The lowest BCUT2D eigenvalue weighted by atomic mass is 10.2. The minimum Gasteiger partial charge on any atom is -0.422 e. The predicted molar refractivity (Wildman–Crippen MR) is 109 cm³/mol. The number of hydrogen-bond acceptors (Lipinski definition) is 5. The van der Waals surface area contributed by atoms with Gasteiger partial charge in [-0.1, -0.05) is 17.7 Å². The van der Waals surface area contributed by atoms with E-state index < -0.39 is 16.0 Å². The molecule has 0 atom stereocenters. The highest BCUT2D eigenvalue weighted by molar-refractivity contribution is 7.89. The van der Waals surface area contributed by atoms with Crippen molar-refractivity contribution < 1.29 is 17.9 Å². The van der Waals surface area contributed by atoms with Crippen molar-refractivity contribution in [1.29, 1.82) is 0 Å². The molecule has 7 nitrogen and oxygen atoms in total. The summed E-state index contributed by atoms with van der Waals surface area (Å²) in [6.45, 7) is 1.96. The maximum Gasteiger partial charge on any atom is 0.360 e. The number of carbonyl (C=O) groups excluding carboxylic acids is 1. The molecule has 152 valence electrons. The fraction of sp³-hybridized carbons (Fsp3) is 0.200. The monoisotopic (exact) mass is 433 g/mol. The molecule has 0 saturated carbocycles. The molecule has 3 aromatic rings. The molecule has 2 heterocycles. The van der Waals surface area contributed by atoms with E-state index in [1.807, 2.05) is 0 Å². The Balaban J connectivity index is 1.81. The number of rotatable bonds is 6. The second kappa shape index (κ2) is 8.36. The number of sulfonamides is 1. The van der Waals surface area contributed by atoms with Crippen molar-refractivity contribution in [1.82, 2.24) is 13.9 Å². The lowest BCUT2D eigenvalue weighted by Gasteiger charge is -2.15. The molecule has 0 aliphatic heterocycles. The lowest BCUT2D eigenvalue weighted by molar-refractivity contribution is 0.0724. The molecule has 3 rings (SSSR count). The van der Waals surface area contributed by atoms with Gasteiger partial charge in [-0.15, -0.1) is 0 Å². The summed E-state index contributed by atoms with van der Waals surface area (Å²) in [5.41, 5.74) is 1.64. The first-order valence-electron chi connectivity index (χ1n) is 8.68. The van der Waals surface area contributed by atoms with Crippen molar-refractivity contribution in [2.45, 2.75) is 18.4 Å². The fourth-order valence-electron chi connectivity index (χ4n) is 2.73.